The monoisotopic (exact) mass is 388 g/mol. The van der Waals surface area contributed by atoms with Gasteiger partial charge in [-0.3, -0.25) is 0 Å². The lowest BCUT2D eigenvalue weighted by atomic mass is 10.1. The lowest BCUT2D eigenvalue weighted by Crippen LogP contribution is -2.67. The van der Waals surface area contributed by atoms with E-state index in [4.69, 9.17) is 13.6 Å². The predicted octanol–water partition coefficient (Wildman–Crippen LogP) is 2.00. The molecule has 0 radical (unpaired) electrons. The number of esters is 1. The first-order valence-corrected chi connectivity index (χ1v) is 10.8. The fraction of sp³-hybridized carbons (Fsp3) is 0.381. The molecule has 2 rings (SSSR count). The maximum absolute atomic E-state index is 12.1. The van der Waals surface area contributed by atoms with Crippen LogP contribution in [0.15, 0.2) is 60.7 Å². The highest BCUT2D eigenvalue weighted by atomic mass is 28.4. The van der Waals surface area contributed by atoms with Gasteiger partial charge in [-0.2, -0.15) is 0 Å². The summed E-state index contributed by atoms with van der Waals surface area (Å²) in [4.78, 5) is 12.1. The predicted molar refractivity (Wildman–Crippen MR) is 107 cm³/mol. The Balaban J connectivity index is 2.63. The van der Waals surface area contributed by atoms with Gasteiger partial charge >= 0.3 is 14.5 Å². The normalized spacial score (nSPS) is 13.2. The molecular formula is C21H28O5Si. The van der Waals surface area contributed by atoms with E-state index in [0.29, 0.717) is 6.42 Å². The van der Waals surface area contributed by atoms with Crippen LogP contribution in [-0.2, 0) is 18.4 Å². The molecule has 0 saturated heterocycles. The number of rotatable bonds is 9. The smallest absolute Gasteiger partial charge is 0.408 e. The fourth-order valence-corrected chi connectivity index (χ4v) is 6.56. The Bertz CT molecular complexity index is 678. The van der Waals surface area contributed by atoms with E-state index in [0.717, 1.165) is 10.4 Å². The Morgan fingerprint density at radius 2 is 1.52 bits per heavy atom. The van der Waals surface area contributed by atoms with Crippen molar-refractivity contribution in [2.24, 2.45) is 0 Å². The summed E-state index contributed by atoms with van der Waals surface area (Å²) in [5.74, 6) is -0.456. The van der Waals surface area contributed by atoms with Gasteiger partial charge in [0.05, 0.1) is 12.7 Å². The van der Waals surface area contributed by atoms with Crippen molar-refractivity contribution in [3.63, 3.8) is 0 Å². The van der Waals surface area contributed by atoms with Crippen molar-refractivity contribution in [1.82, 2.24) is 0 Å². The number of ether oxygens (including phenoxy) is 1. The van der Waals surface area contributed by atoms with Crippen LogP contribution >= 0.6 is 0 Å². The van der Waals surface area contributed by atoms with E-state index < -0.39 is 26.2 Å². The second kappa shape index (κ2) is 9.28. The van der Waals surface area contributed by atoms with Crippen molar-refractivity contribution in [1.29, 1.82) is 0 Å². The van der Waals surface area contributed by atoms with Gasteiger partial charge in [0.2, 0.25) is 0 Å². The van der Waals surface area contributed by atoms with Crippen LogP contribution in [0.25, 0.3) is 0 Å². The minimum Gasteiger partial charge on any atom is -0.467 e. The highest BCUT2D eigenvalue weighted by Crippen LogP contribution is 2.23. The zero-order valence-corrected chi connectivity index (χ0v) is 17.3. The van der Waals surface area contributed by atoms with Crippen LogP contribution in [0.4, 0.5) is 0 Å². The maximum atomic E-state index is 12.1. The summed E-state index contributed by atoms with van der Waals surface area (Å²) < 4.78 is 17.9. The standard InChI is InChI=1S/C21H28O5Si/c1-17(20(23)24-4)25-27(18-11-7-5-8-12-18,19-13-9-6-10-14-19)26-21(2,3)15-16-22/h5-14,17,22H,15-16H2,1-4H3/t17-/m0/s1. The largest absolute Gasteiger partial charge is 0.467 e. The molecule has 2 aromatic carbocycles. The third-order valence-electron chi connectivity index (χ3n) is 4.32. The molecule has 0 saturated carbocycles. The molecule has 1 atom stereocenters. The molecule has 27 heavy (non-hydrogen) atoms. The maximum Gasteiger partial charge on any atom is 0.408 e. The quantitative estimate of drug-likeness (QED) is 0.526. The summed E-state index contributed by atoms with van der Waals surface area (Å²) >= 11 is 0. The average Bonchev–Trinajstić information content (AvgIpc) is 2.67. The lowest BCUT2D eigenvalue weighted by molar-refractivity contribution is -0.149. The van der Waals surface area contributed by atoms with Crippen LogP contribution in [0, 0.1) is 0 Å². The van der Waals surface area contributed by atoms with Crippen LogP contribution in [0.3, 0.4) is 0 Å². The van der Waals surface area contributed by atoms with E-state index in [2.05, 4.69) is 0 Å². The highest BCUT2D eigenvalue weighted by molar-refractivity contribution is 6.92. The number of hydrogen-bond donors (Lipinski definition) is 1. The van der Waals surface area contributed by atoms with Gasteiger partial charge in [0.15, 0.2) is 0 Å². The van der Waals surface area contributed by atoms with Gasteiger partial charge in [0, 0.05) is 6.61 Å². The highest BCUT2D eigenvalue weighted by Gasteiger charge is 2.48. The van der Waals surface area contributed by atoms with Crippen molar-refractivity contribution in [3.05, 3.63) is 60.7 Å². The van der Waals surface area contributed by atoms with E-state index in [1.165, 1.54) is 7.11 Å². The van der Waals surface area contributed by atoms with E-state index >= 15 is 0 Å². The Labute approximate surface area is 162 Å². The van der Waals surface area contributed by atoms with E-state index in [9.17, 15) is 9.90 Å². The van der Waals surface area contributed by atoms with Crippen LogP contribution in [0.5, 0.6) is 0 Å². The molecular weight excluding hydrogens is 360 g/mol. The van der Waals surface area contributed by atoms with E-state index in [1.807, 2.05) is 74.5 Å². The van der Waals surface area contributed by atoms with Crippen LogP contribution in [0.1, 0.15) is 27.2 Å². The molecule has 0 aliphatic rings. The van der Waals surface area contributed by atoms with Crippen molar-refractivity contribution in [2.45, 2.75) is 38.9 Å². The lowest BCUT2D eigenvalue weighted by Gasteiger charge is -2.40. The fourth-order valence-electron chi connectivity index (χ4n) is 2.93. The molecule has 5 nitrogen and oxygen atoms in total. The first-order chi connectivity index (χ1) is 12.8. The van der Waals surface area contributed by atoms with E-state index in [-0.39, 0.29) is 6.61 Å². The zero-order valence-electron chi connectivity index (χ0n) is 16.3. The summed E-state index contributed by atoms with van der Waals surface area (Å²) in [6.07, 6.45) is -0.357. The molecule has 0 spiro atoms. The molecule has 0 aliphatic carbocycles. The van der Waals surface area contributed by atoms with E-state index in [1.54, 1.807) is 6.92 Å². The first-order valence-electron chi connectivity index (χ1n) is 9.02. The molecule has 0 bridgehead atoms. The topological polar surface area (TPSA) is 65.0 Å². The minimum atomic E-state index is -3.27. The van der Waals surface area contributed by atoms with Crippen molar-refractivity contribution in [3.8, 4) is 0 Å². The first kappa shape index (κ1) is 21.3. The average molecular weight is 389 g/mol. The summed E-state index contributed by atoms with van der Waals surface area (Å²) in [7, 11) is -1.93. The third kappa shape index (κ3) is 5.26. The Morgan fingerprint density at radius 3 is 1.93 bits per heavy atom. The van der Waals surface area contributed by atoms with Crippen LogP contribution < -0.4 is 10.4 Å². The third-order valence-corrected chi connectivity index (χ3v) is 8.03. The molecule has 146 valence electrons. The number of benzene rings is 2. The second-order valence-electron chi connectivity index (χ2n) is 6.97. The number of methoxy groups -OCH3 is 1. The number of aliphatic hydroxyl groups is 1. The Kier molecular flexibility index (Phi) is 7.32. The molecule has 0 amide bonds. The zero-order chi connectivity index (χ0) is 19.9. The SMILES string of the molecule is COC(=O)[C@H](C)O[Si](OC(C)(C)CCO)(c1ccccc1)c1ccccc1. The Hall–Kier alpha value is -1.99. The van der Waals surface area contributed by atoms with Crippen molar-refractivity contribution >= 4 is 24.9 Å². The number of hydrogen-bond acceptors (Lipinski definition) is 5. The summed E-state index contributed by atoms with van der Waals surface area (Å²) in [5, 5.41) is 11.2. The van der Waals surface area contributed by atoms with Crippen LogP contribution in [-0.4, -0.2) is 45.1 Å². The molecule has 6 heteroatoms. The van der Waals surface area contributed by atoms with Crippen molar-refractivity contribution in [2.75, 3.05) is 13.7 Å². The Morgan fingerprint density at radius 1 is 1.04 bits per heavy atom. The van der Waals surface area contributed by atoms with Gasteiger partial charge in [-0.05, 0) is 37.6 Å². The second-order valence-corrected chi connectivity index (χ2v) is 9.79. The van der Waals surface area contributed by atoms with Gasteiger partial charge in [0.25, 0.3) is 0 Å². The summed E-state index contributed by atoms with van der Waals surface area (Å²) in [5.41, 5.74) is -0.650. The van der Waals surface area contributed by atoms with Gasteiger partial charge in [-0.25, -0.2) is 4.79 Å². The molecule has 1 N–H and O–H groups in total. The number of carbonyl (C=O) groups is 1. The number of carbonyl (C=O) groups excluding carboxylic acids is 1. The molecule has 2 aromatic rings. The minimum absolute atomic E-state index is 0.00633. The van der Waals surface area contributed by atoms with Gasteiger partial charge in [-0.15, -0.1) is 0 Å². The molecule has 0 heterocycles. The van der Waals surface area contributed by atoms with Gasteiger partial charge in [0.1, 0.15) is 6.10 Å². The molecule has 0 unspecified atom stereocenters. The molecule has 0 fully saturated rings. The van der Waals surface area contributed by atoms with Gasteiger partial charge in [-0.1, -0.05) is 60.7 Å². The molecule has 0 aromatic heterocycles. The van der Waals surface area contributed by atoms with Crippen LogP contribution in [0.2, 0.25) is 0 Å². The summed E-state index contributed by atoms with van der Waals surface area (Å²) in [6, 6.07) is 19.4. The number of aliphatic hydroxyl groups excluding tert-OH is 1. The summed E-state index contributed by atoms with van der Waals surface area (Å²) in [6.45, 7) is 5.50. The molecule has 0 aliphatic heterocycles. The van der Waals surface area contributed by atoms with Gasteiger partial charge < -0.3 is 18.7 Å². The van der Waals surface area contributed by atoms with Crippen molar-refractivity contribution < 1.29 is 23.5 Å².